The maximum Gasteiger partial charge on any atom is 0.101 e. The molecule has 0 radical (unpaired) electrons. The Morgan fingerprint density at radius 2 is 2.29 bits per heavy atom. The van der Waals surface area contributed by atoms with Gasteiger partial charge in [0, 0.05) is 29.7 Å². The third-order valence-corrected chi connectivity index (χ3v) is 4.03. The number of hydrogen-bond donors (Lipinski definition) is 1. The molecule has 14 heavy (non-hydrogen) atoms. The number of rotatable bonds is 2. The molecule has 1 N–H and O–H groups in total. The van der Waals surface area contributed by atoms with E-state index in [0.717, 1.165) is 36.8 Å². The van der Waals surface area contributed by atoms with Gasteiger partial charge in [-0.1, -0.05) is 0 Å². The first kappa shape index (κ1) is 10.1. The molecule has 2 rings (SSSR count). The van der Waals surface area contributed by atoms with Gasteiger partial charge in [-0.15, -0.1) is 11.3 Å². The molecule has 1 aliphatic heterocycles. The summed E-state index contributed by atoms with van der Waals surface area (Å²) < 4.78 is 5.32. The standard InChI is InChI=1S/C10H15NO2S/c1-8-6-14-9(11-8)10(7-12)2-4-13-5-3-10/h6,12H,2-5,7H2,1H3. The largest absolute Gasteiger partial charge is 0.395 e. The van der Waals surface area contributed by atoms with Crippen molar-refractivity contribution >= 4 is 11.3 Å². The third-order valence-electron chi connectivity index (χ3n) is 2.83. The van der Waals surface area contributed by atoms with Gasteiger partial charge in [0.2, 0.25) is 0 Å². The van der Waals surface area contributed by atoms with Gasteiger partial charge in [-0.3, -0.25) is 0 Å². The van der Waals surface area contributed by atoms with Gasteiger partial charge in [-0.25, -0.2) is 4.98 Å². The Bertz CT molecular complexity index is 305. The molecule has 0 bridgehead atoms. The van der Waals surface area contributed by atoms with Gasteiger partial charge in [-0.05, 0) is 19.8 Å². The van der Waals surface area contributed by atoms with Crippen molar-refractivity contribution in [1.82, 2.24) is 4.98 Å². The van der Waals surface area contributed by atoms with Crippen molar-refractivity contribution in [3.8, 4) is 0 Å². The highest BCUT2D eigenvalue weighted by atomic mass is 32.1. The number of aliphatic hydroxyl groups is 1. The molecule has 0 spiro atoms. The molecule has 0 aliphatic carbocycles. The molecule has 1 fully saturated rings. The highest BCUT2D eigenvalue weighted by molar-refractivity contribution is 7.09. The van der Waals surface area contributed by atoms with Crippen LogP contribution in [0.3, 0.4) is 0 Å². The fourth-order valence-corrected chi connectivity index (χ4v) is 2.85. The van der Waals surface area contributed by atoms with Crippen LogP contribution < -0.4 is 0 Å². The second kappa shape index (κ2) is 3.96. The molecule has 1 saturated heterocycles. The van der Waals surface area contributed by atoms with Crippen molar-refractivity contribution in [2.24, 2.45) is 0 Å². The van der Waals surface area contributed by atoms with E-state index in [1.54, 1.807) is 11.3 Å². The first-order valence-electron chi connectivity index (χ1n) is 4.88. The fraction of sp³-hybridized carbons (Fsp3) is 0.700. The predicted octanol–water partition coefficient (Wildman–Crippen LogP) is 1.49. The Morgan fingerprint density at radius 1 is 1.57 bits per heavy atom. The third kappa shape index (κ3) is 1.69. The number of nitrogens with zero attached hydrogens (tertiary/aromatic N) is 1. The summed E-state index contributed by atoms with van der Waals surface area (Å²) in [4.78, 5) is 4.48. The van der Waals surface area contributed by atoms with Gasteiger partial charge < -0.3 is 9.84 Å². The van der Waals surface area contributed by atoms with Gasteiger partial charge in [0.25, 0.3) is 0 Å². The normalized spacial score (nSPS) is 21.0. The molecule has 4 heteroatoms. The molecule has 0 atom stereocenters. The van der Waals surface area contributed by atoms with E-state index >= 15 is 0 Å². The molecule has 2 heterocycles. The molecule has 0 aromatic carbocycles. The lowest BCUT2D eigenvalue weighted by Crippen LogP contribution is -2.37. The molecule has 78 valence electrons. The quantitative estimate of drug-likeness (QED) is 0.809. The van der Waals surface area contributed by atoms with E-state index in [1.165, 1.54) is 0 Å². The molecule has 0 saturated carbocycles. The second-order valence-electron chi connectivity index (χ2n) is 3.84. The van der Waals surface area contributed by atoms with Crippen LogP contribution in [0.15, 0.2) is 5.38 Å². The van der Waals surface area contributed by atoms with E-state index in [1.807, 2.05) is 12.3 Å². The molecule has 0 amide bonds. The zero-order valence-corrected chi connectivity index (χ0v) is 9.14. The summed E-state index contributed by atoms with van der Waals surface area (Å²) >= 11 is 1.65. The highest BCUT2D eigenvalue weighted by Crippen LogP contribution is 2.35. The van der Waals surface area contributed by atoms with E-state index in [9.17, 15) is 5.11 Å². The first-order valence-corrected chi connectivity index (χ1v) is 5.76. The number of thiazole rings is 1. The van der Waals surface area contributed by atoms with E-state index in [4.69, 9.17) is 4.74 Å². The van der Waals surface area contributed by atoms with E-state index in [2.05, 4.69) is 4.98 Å². The van der Waals surface area contributed by atoms with Crippen LogP contribution in [0.2, 0.25) is 0 Å². The summed E-state index contributed by atoms with van der Waals surface area (Å²) in [5.74, 6) is 0. The maximum absolute atomic E-state index is 9.52. The van der Waals surface area contributed by atoms with Crippen LogP contribution >= 0.6 is 11.3 Å². The van der Waals surface area contributed by atoms with Gasteiger partial charge in [0.1, 0.15) is 5.01 Å². The Labute approximate surface area is 87.7 Å². The minimum Gasteiger partial charge on any atom is -0.395 e. The summed E-state index contributed by atoms with van der Waals surface area (Å²) in [6.07, 6.45) is 1.77. The van der Waals surface area contributed by atoms with Crippen molar-refractivity contribution in [3.63, 3.8) is 0 Å². The Hall–Kier alpha value is -0.450. The van der Waals surface area contributed by atoms with Gasteiger partial charge in [0.05, 0.1) is 6.61 Å². The summed E-state index contributed by atoms with van der Waals surface area (Å²) in [6.45, 7) is 3.64. The SMILES string of the molecule is Cc1csc(C2(CO)CCOCC2)n1. The van der Waals surface area contributed by atoms with Crippen molar-refractivity contribution in [2.45, 2.75) is 25.2 Å². The van der Waals surface area contributed by atoms with Crippen LogP contribution in [-0.4, -0.2) is 29.9 Å². The summed E-state index contributed by atoms with van der Waals surface area (Å²) in [5.41, 5.74) is 0.918. The van der Waals surface area contributed by atoms with Crippen molar-refractivity contribution in [3.05, 3.63) is 16.1 Å². The van der Waals surface area contributed by atoms with Crippen molar-refractivity contribution in [2.75, 3.05) is 19.8 Å². The highest BCUT2D eigenvalue weighted by Gasteiger charge is 2.36. The zero-order chi connectivity index (χ0) is 10.0. The molecular weight excluding hydrogens is 198 g/mol. The van der Waals surface area contributed by atoms with Gasteiger partial charge in [-0.2, -0.15) is 0 Å². The number of aliphatic hydroxyl groups excluding tert-OH is 1. The lowest BCUT2D eigenvalue weighted by atomic mass is 9.82. The Kier molecular flexibility index (Phi) is 2.85. The van der Waals surface area contributed by atoms with Crippen molar-refractivity contribution < 1.29 is 9.84 Å². The Morgan fingerprint density at radius 3 is 2.79 bits per heavy atom. The van der Waals surface area contributed by atoms with Crippen molar-refractivity contribution in [1.29, 1.82) is 0 Å². The topological polar surface area (TPSA) is 42.4 Å². The molecule has 1 aromatic rings. The molecule has 0 unspecified atom stereocenters. The first-order chi connectivity index (χ1) is 6.77. The number of hydrogen-bond acceptors (Lipinski definition) is 4. The van der Waals surface area contributed by atoms with Crippen LogP contribution in [0.4, 0.5) is 0 Å². The fourth-order valence-electron chi connectivity index (χ4n) is 1.80. The van der Waals surface area contributed by atoms with Crippen LogP contribution in [0.25, 0.3) is 0 Å². The van der Waals surface area contributed by atoms with E-state index in [0.29, 0.717) is 0 Å². The predicted molar refractivity (Wildman–Crippen MR) is 55.7 cm³/mol. The van der Waals surface area contributed by atoms with E-state index in [-0.39, 0.29) is 12.0 Å². The van der Waals surface area contributed by atoms with Crippen LogP contribution in [0, 0.1) is 6.92 Å². The molecular formula is C10H15NO2S. The number of ether oxygens (including phenoxy) is 1. The minimum atomic E-state index is -0.128. The number of aryl methyl sites for hydroxylation is 1. The van der Waals surface area contributed by atoms with Crippen LogP contribution in [0.5, 0.6) is 0 Å². The summed E-state index contributed by atoms with van der Waals surface area (Å²) in [5, 5.41) is 12.6. The lowest BCUT2D eigenvalue weighted by molar-refractivity contribution is 0.0252. The minimum absolute atomic E-state index is 0.128. The van der Waals surface area contributed by atoms with Gasteiger partial charge in [0.15, 0.2) is 0 Å². The van der Waals surface area contributed by atoms with Gasteiger partial charge >= 0.3 is 0 Å². The molecule has 3 nitrogen and oxygen atoms in total. The smallest absolute Gasteiger partial charge is 0.101 e. The zero-order valence-electron chi connectivity index (χ0n) is 8.32. The number of aromatic nitrogens is 1. The maximum atomic E-state index is 9.52. The second-order valence-corrected chi connectivity index (χ2v) is 4.70. The van der Waals surface area contributed by atoms with Crippen LogP contribution in [-0.2, 0) is 10.2 Å². The average Bonchev–Trinajstić information content (AvgIpc) is 2.66. The average molecular weight is 213 g/mol. The summed E-state index contributed by atoms with van der Waals surface area (Å²) in [7, 11) is 0. The van der Waals surface area contributed by atoms with Crippen LogP contribution in [0.1, 0.15) is 23.5 Å². The summed E-state index contributed by atoms with van der Waals surface area (Å²) in [6, 6.07) is 0. The van der Waals surface area contributed by atoms with E-state index < -0.39 is 0 Å². The monoisotopic (exact) mass is 213 g/mol. The Balaban J connectivity index is 2.26. The molecule has 1 aliphatic rings. The lowest BCUT2D eigenvalue weighted by Gasteiger charge is -2.33. The molecule has 1 aromatic heterocycles.